The molecule has 1 fully saturated rings. The Labute approximate surface area is 206 Å². The molecule has 0 saturated carbocycles. The van der Waals surface area contributed by atoms with Gasteiger partial charge in [-0.3, -0.25) is 9.59 Å². The van der Waals surface area contributed by atoms with Crippen LogP contribution in [-0.4, -0.2) is 74.1 Å². The number of aliphatic hydroxyl groups excluding tert-OH is 1. The molecule has 188 valence electrons. The first kappa shape index (κ1) is 26.1. The van der Waals surface area contributed by atoms with Gasteiger partial charge < -0.3 is 29.1 Å². The van der Waals surface area contributed by atoms with Gasteiger partial charge in [-0.2, -0.15) is 0 Å². The van der Waals surface area contributed by atoms with Crippen LogP contribution >= 0.6 is 0 Å². The second-order valence-electron chi connectivity index (χ2n) is 8.51. The molecule has 0 spiro atoms. The van der Waals surface area contributed by atoms with Crippen LogP contribution in [0.15, 0.2) is 48.0 Å². The van der Waals surface area contributed by atoms with E-state index in [1.807, 2.05) is 38.9 Å². The largest absolute Gasteiger partial charge is 0.507 e. The zero-order valence-electron chi connectivity index (χ0n) is 21.0. The second kappa shape index (κ2) is 11.8. The fourth-order valence-electron chi connectivity index (χ4n) is 3.96. The lowest BCUT2D eigenvalue weighted by molar-refractivity contribution is -0.140. The maximum Gasteiger partial charge on any atom is 0.295 e. The molecule has 0 bridgehead atoms. The third-order valence-electron chi connectivity index (χ3n) is 5.74. The molecule has 35 heavy (non-hydrogen) atoms. The molecule has 8 nitrogen and oxygen atoms in total. The van der Waals surface area contributed by atoms with Gasteiger partial charge in [-0.05, 0) is 69.4 Å². The summed E-state index contributed by atoms with van der Waals surface area (Å²) in [5, 5.41) is 11.2. The van der Waals surface area contributed by atoms with Crippen molar-refractivity contribution in [2.45, 2.75) is 26.3 Å². The fraction of sp³-hybridized carbons (Fsp3) is 0.407. The molecule has 1 amide bonds. The molecular weight excluding hydrogens is 448 g/mol. The van der Waals surface area contributed by atoms with Crippen LogP contribution < -0.4 is 14.2 Å². The van der Waals surface area contributed by atoms with E-state index in [0.29, 0.717) is 54.7 Å². The van der Waals surface area contributed by atoms with E-state index in [-0.39, 0.29) is 11.3 Å². The van der Waals surface area contributed by atoms with Crippen LogP contribution in [0.3, 0.4) is 0 Å². The van der Waals surface area contributed by atoms with Gasteiger partial charge in [-0.1, -0.05) is 13.0 Å². The number of amides is 1. The third-order valence-corrected chi connectivity index (χ3v) is 5.74. The number of nitrogens with zero attached hydrogens (tertiary/aromatic N) is 2. The Balaban J connectivity index is 2.14. The van der Waals surface area contributed by atoms with E-state index in [9.17, 15) is 14.7 Å². The molecule has 0 aliphatic carbocycles. The first-order valence-electron chi connectivity index (χ1n) is 11.8. The highest BCUT2D eigenvalue weighted by atomic mass is 16.5. The number of rotatable bonds is 11. The maximum absolute atomic E-state index is 13.2. The number of hydrogen-bond donors (Lipinski definition) is 1. The number of methoxy groups -OCH3 is 1. The molecule has 8 heteroatoms. The molecule has 1 unspecified atom stereocenters. The number of carbonyl (C=O) groups is 2. The molecule has 1 saturated heterocycles. The predicted molar refractivity (Wildman–Crippen MR) is 134 cm³/mol. The van der Waals surface area contributed by atoms with Crippen LogP contribution in [-0.2, 0) is 9.59 Å². The number of aliphatic hydroxyl groups is 1. The van der Waals surface area contributed by atoms with Crippen LogP contribution in [0.4, 0.5) is 0 Å². The minimum atomic E-state index is -0.767. The average molecular weight is 483 g/mol. The highest BCUT2D eigenvalue weighted by molar-refractivity contribution is 6.46. The van der Waals surface area contributed by atoms with Crippen molar-refractivity contribution in [1.29, 1.82) is 0 Å². The van der Waals surface area contributed by atoms with Crippen molar-refractivity contribution in [3.8, 4) is 17.2 Å². The Morgan fingerprint density at radius 3 is 2.34 bits per heavy atom. The summed E-state index contributed by atoms with van der Waals surface area (Å²) in [6.45, 7) is 5.74. The lowest BCUT2D eigenvalue weighted by atomic mass is 9.95. The van der Waals surface area contributed by atoms with Gasteiger partial charge in [0.15, 0.2) is 11.5 Å². The highest BCUT2D eigenvalue weighted by Crippen LogP contribution is 2.42. The van der Waals surface area contributed by atoms with Gasteiger partial charge in [0, 0.05) is 18.7 Å². The summed E-state index contributed by atoms with van der Waals surface area (Å²) in [4.78, 5) is 29.7. The lowest BCUT2D eigenvalue weighted by Gasteiger charge is -2.27. The Hall–Kier alpha value is -3.52. The van der Waals surface area contributed by atoms with Crippen molar-refractivity contribution in [2.75, 3.05) is 47.5 Å². The van der Waals surface area contributed by atoms with E-state index in [1.54, 1.807) is 43.5 Å². The number of likely N-dealkylation sites (N-methyl/N-ethyl adjacent to an activating group) is 1. The van der Waals surface area contributed by atoms with Gasteiger partial charge in [-0.15, -0.1) is 0 Å². The second-order valence-corrected chi connectivity index (χ2v) is 8.51. The quantitative estimate of drug-likeness (QED) is 0.296. The number of hydrogen-bond acceptors (Lipinski definition) is 7. The zero-order valence-corrected chi connectivity index (χ0v) is 21.0. The van der Waals surface area contributed by atoms with E-state index < -0.39 is 17.7 Å². The van der Waals surface area contributed by atoms with E-state index in [0.717, 1.165) is 6.42 Å². The summed E-state index contributed by atoms with van der Waals surface area (Å²) in [5.74, 6) is 0.155. The van der Waals surface area contributed by atoms with Crippen LogP contribution in [0.5, 0.6) is 17.2 Å². The van der Waals surface area contributed by atoms with Gasteiger partial charge in [0.05, 0.1) is 31.9 Å². The van der Waals surface area contributed by atoms with Crippen molar-refractivity contribution < 1.29 is 28.9 Å². The summed E-state index contributed by atoms with van der Waals surface area (Å²) < 4.78 is 16.8. The molecule has 1 N–H and O–H groups in total. The molecule has 0 radical (unpaired) electrons. The van der Waals surface area contributed by atoms with Crippen molar-refractivity contribution in [2.24, 2.45) is 0 Å². The number of ether oxygens (including phenoxy) is 3. The summed E-state index contributed by atoms with van der Waals surface area (Å²) in [6, 6.07) is 11.3. The van der Waals surface area contributed by atoms with Crippen molar-refractivity contribution >= 4 is 17.4 Å². The number of benzene rings is 2. The van der Waals surface area contributed by atoms with Crippen molar-refractivity contribution in [3.05, 3.63) is 59.2 Å². The van der Waals surface area contributed by atoms with E-state index in [1.165, 1.54) is 4.90 Å². The maximum atomic E-state index is 13.2. The van der Waals surface area contributed by atoms with Crippen LogP contribution in [0.1, 0.15) is 37.4 Å². The van der Waals surface area contributed by atoms with E-state index >= 15 is 0 Å². The molecule has 1 aliphatic rings. The Bertz CT molecular complexity index is 1080. The molecule has 2 aromatic rings. The first-order valence-corrected chi connectivity index (χ1v) is 11.8. The monoisotopic (exact) mass is 482 g/mol. The minimum Gasteiger partial charge on any atom is -0.507 e. The summed E-state index contributed by atoms with van der Waals surface area (Å²) >= 11 is 0. The summed E-state index contributed by atoms with van der Waals surface area (Å²) in [6.07, 6.45) is 0.847. The molecule has 1 aliphatic heterocycles. The van der Waals surface area contributed by atoms with Gasteiger partial charge in [0.25, 0.3) is 11.7 Å². The fourth-order valence-corrected chi connectivity index (χ4v) is 3.96. The van der Waals surface area contributed by atoms with Gasteiger partial charge in [0.1, 0.15) is 11.5 Å². The Kier molecular flexibility index (Phi) is 8.76. The topological polar surface area (TPSA) is 88.5 Å². The number of Topliss-reactive ketones (excluding diaryl/α,β-unsaturated/α-hetero) is 1. The average Bonchev–Trinajstić information content (AvgIpc) is 3.11. The number of carbonyl (C=O) groups excluding carboxylic acids is 2. The van der Waals surface area contributed by atoms with Gasteiger partial charge >= 0.3 is 0 Å². The van der Waals surface area contributed by atoms with Crippen molar-refractivity contribution in [1.82, 2.24) is 9.80 Å². The Morgan fingerprint density at radius 2 is 1.74 bits per heavy atom. The molecule has 2 aromatic carbocycles. The normalized spacial score (nSPS) is 17.2. The summed E-state index contributed by atoms with van der Waals surface area (Å²) in [5.41, 5.74) is 1.13. The summed E-state index contributed by atoms with van der Waals surface area (Å²) in [7, 11) is 5.35. The lowest BCUT2D eigenvalue weighted by Crippen LogP contribution is -2.35. The van der Waals surface area contributed by atoms with Crippen molar-refractivity contribution in [3.63, 3.8) is 0 Å². The smallest absolute Gasteiger partial charge is 0.295 e. The molecular formula is C27H34N2O6. The standard InChI is InChI=1S/C27H34N2O6/c1-6-16-35-21-13-10-19(17-22(21)34-7-2)24-23(25(30)18-8-11-20(33-5)12-9-18)26(31)27(32)29(24)15-14-28(3)4/h8-13,17,24,30H,6-7,14-16H2,1-5H3/b25-23+. The van der Waals surface area contributed by atoms with Gasteiger partial charge in [-0.25, -0.2) is 0 Å². The van der Waals surface area contributed by atoms with Gasteiger partial charge in [0.2, 0.25) is 0 Å². The van der Waals surface area contributed by atoms with E-state index in [2.05, 4.69) is 0 Å². The minimum absolute atomic E-state index is 0.0450. The Morgan fingerprint density at radius 1 is 1.03 bits per heavy atom. The molecule has 1 heterocycles. The molecule has 0 aromatic heterocycles. The third kappa shape index (κ3) is 5.77. The van der Waals surface area contributed by atoms with Crippen LogP contribution in [0.25, 0.3) is 5.76 Å². The molecule has 3 rings (SSSR count). The van der Waals surface area contributed by atoms with Crippen LogP contribution in [0, 0.1) is 0 Å². The highest BCUT2D eigenvalue weighted by Gasteiger charge is 2.46. The van der Waals surface area contributed by atoms with Crippen LogP contribution in [0.2, 0.25) is 0 Å². The number of ketones is 1. The van der Waals surface area contributed by atoms with E-state index in [4.69, 9.17) is 14.2 Å². The zero-order chi connectivity index (χ0) is 25.5. The SMILES string of the molecule is CCCOc1ccc(C2/C(=C(\O)c3ccc(OC)cc3)C(=O)C(=O)N2CCN(C)C)cc1OCC. The predicted octanol–water partition coefficient (Wildman–Crippen LogP) is 3.87. The molecule has 1 atom stereocenters. The first-order chi connectivity index (χ1) is 16.8. The number of likely N-dealkylation sites (tertiary alicyclic amines) is 1.